The molecule has 2 saturated heterocycles. The highest BCUT2D eigenvalue weighted by molar-refractivity contribution is 6.26. The zero-order chi connectivity index (χ0) is 13.6. The fourth-order valence-corrected chi connectivity index (χ4v) is 2.64. The summed E-state index contributed by atoms with van der Waals surface area (Å²) in [6.45, 7) is 0. The van der Waals surface area contributed by atoms with Crippen molar-refractivity contribution in [2.24, 2.45) is 0 Å². The Kier molecular flexibility index (Phi) is 2.58. The molecule has 6 nitrogen and oxygen atoms in total. The molecule has 6 heteroatoms. The van der Waals surface area contributed by atoms with Gasteiger partial charge in [0.25, 0.3) is 11.8 Å². The minimum Gasteiger partial charge on any atom is -0.295 e. The van der Waals surface area contributed by atoms with E-state index in [0.29, 0.717) is 11.1 Å². The lowest BCUT2D eigenvalue weighted by Gasteiger charge is -2.27. The average molecular weight is 260 g/mol. The Morgan fingerprint density at radius 3 is 2.11 bits per heavy atom. The molecule has 1 N–H and O–H groups in total. The Hall–Kier alpha value is -2.24. The quantitative estimate of drug-likeness (QED) is 0.662. The predicted octanol–water partition coefficient (Wildman–Crippen LogP) is -0.193. The Bertz CT molecular complexity index is 541. The molecule has 0 aromatic carbocycles. The zero-order valence-corrected chi connectivity index (χ0v) is 10.1. The van der Waals surface area contributed by atoms with Gasteiger partial charge in [0.1, 0.15) is 6.04 Å². The minimum atomic E-state index is -0.870. The molecule has 2 fully saturated rings. The number of likely N-dealkylation sites (tertiary alicyclic amines) is 1. The van der Waals surface area contributed by atoms with Crippen LogP contribution in [0.25, 0.3) is 0 Å². The maximum absolute atomic E-state index is 12.2. The van der Waals surface area contributed by atoms with Gasteiger partial charge in [-0.2, -0.15) is 0 Å². The van der Waals surface area contributed by atoms with E-state index in [1.54, 1.807) is 12.2 Å². The normalized spacial score (nSPS) is 26.9. The van der Waals surface area contributed by atoms with Crippen molar-refractivity contribution in [1.29, 1.82) is 0 Å². The van der Waals surface area contributed by atoms with Crippen molar-refractivity contribution in [3.63, 3.8) is 0 Å². The first-order chi connectivity index (χ1) is 9.09. The Balaban J connectivity index is 1.93. The molecular weight excluding hydrogens is 248 g/mol. The first-order valence-corrected chi connectivity index (χ1v) is 6.22. The summed E-state index contributed by atoms with van der Waals surface area (Å²) in [6.07, 6.45) is 5.26. The van der Waals surface area contributed by atoms with Gasteiger partial charge in [0.05, 0.1) is 0 Å². The lowest BCUT2D eigenvalue weighted by Crippen LogP contribution is -2.54. The van der Waals surface area contributed by atoms with Crippen LogP contribution < -0.4 is 5.32 Å². The number of nitrogens with one attached hydrogen (secondary N) is 1. The highest BCUT2D eigenvalue weighted by Gasteiger charge is 2.46. The lowest BCUT2D eigenvalue weighted by molar-refractivity contribution is -0.149. The number of carbonyl (C=O) groups is 4. The topological polar surface area (TPSA) is 83.6 Å². The van der Waals surface area contributed by atoms with Crippen molar-refractivity contribution in [1.82, 2.24) is 10.2 Å². The highest BCUT2D eigenvalue weighted by Crippen LogP contribution is 2.32. The van der Waals surface area contributed by atoms with Gasteiger partial charge in [0.15, 0.2) is 0 Å². The van der Waals surface area contributed by atoms with Crippen LogP contribution in [-0.2, 0) is 19.2 Å². The van der Waals surface area contributed by atoms with Gasteiger partial charge in [-0.15, -0.1) is 0 Å². The van der Waals surface area contributed by atoms with E-state index < -0.39 is 23.8 Å². The highest BCUT2D eigenvalue weighted by atomic mass is 16.2. The SMILES string of the molecule is O=C1CCC(N2C(=O)C3=CCCC=C3C2=O)C(=O)N1. The fourth-order valence-electron chi connectivity index (χ4n) is 2.64. The number of fused-ring (bicyclic) bond motifs is 1. The number of nitrogens with zero attached hydrogens (tertiary/aromatic N) is 1. The van der Waals surface area contributed by atoms with Crippen LogP contribution in [-0.4, -0.2) is 34.6 Å². The number of hydrogen-bond acceptors (Lipinski definition) is 4. The second-order valence-corrected chi connectivity index (χ2v) is 4.76. The van der Waals surface area contributed by atoms with Gasteiger partial charge in [-0.25, -0.2) is 0 Å². The van der Waals surface area contributed by atoms with Crippen molar-refractivity contribution < 1.29 is 19.2 Å². The monoisotopic (exact) mass is 260 g/mol. The Morgan fingerprint density at radius 2 is 1.58 bits per heavy atom. The molecule has 2 aliphatic heterocycles. The molecule has 0 radical (unpaired) electrons. The maximum atomic E-state index is 12.2. The van der Waals surface area contributed by atoms with Crippen LogP contribution in [0, 0.1) is 0 Å². The molecule has 0 bridgehead atoms. The van der Waals surface area contributed by atoms with E-state index in [9.17, 15) is 19.2 Å². The van der Waals surface area contributed by atoms with Crippen molar-refractivity contribution in [2.75, 3.05) is 0 Å². The van der Waals surface area contributed by atoms with Crippen molar-refractivity contribution >= 4 is 23.6 Å². The molecule has 3 aliphatic rings. The molecular formula is C13H12N2O4. The van der Waals surface area contributed by atoms with Gasteiger partial charge in [0.2, 0.25) is 11.8 Å². The van der Waals surface area contributed by atoms with E-state index in [0.717, 1.165) is 17.7 Å². The molecule has 0 aromatic rings. The third-order valence-corrected chi connectivity index (χ3v) is 3.57. The molecule has 98 valence electrons. The molecule has 1 atom stereocenters. The van der Waals surface area contributed by atoms with E-state index in [1.165, 1.54) is 0 Å². The first kappa shape index (κ1) is 11.8. The minimum absolute atomic E-state index is 0.144. The van der Waals surface area contributed by atoms with E-state index in [2.05, 4.69) is 5.32 Å². The first-order valence-electron chi connectivity index (χ1n) is 6.22. The van der Waals surface area contributed by atoms with Crippen LogP contribution in [0.5, 0.6) is 0 Å². The lowest BCUT2D eigenvalue weighted by atomic mass is 10.0. The molecule has 3 rings (SSSR count). The van der Waals surface area contributed by atoms with Gasteiger partial charge in [-0.05, 0) is 19.3 Å². The van der Waals surface area contributed by atoms with Gasteiger partial charge < -0.3 is 0 Å². The van der Waals surface area contributed by atoms with Gasteiger partial charge in [-0.1, -0.05) is 12.2 Å². The van der Waals surface area contributed by atoms with E-state index in [1.807, 2.05) is 0 Å². The molecule has 0 aromatic heterocycles. The summed E-state index contributed by atoms with van der Waals surface area (Å²) in [5, 5.41) is 2.17. The maximum Gasteiger partial charge on any atom is 0.261 e. The molecule has 0 spiro atoms. The van der Waals surface area contributed by atoms with Crippen molar-refractivity contribution in [3.8, 4) is 0 Å². The van der Waals surface area contributed by atoms with Gasteiger partial charge in [0, 0.05) is 17.6 Å². The summed E-state index contributed by atoms with van der Waals surface area (Å²) < 4.78 is 0. The van der Waals surface area contributed by atoms with Crippen LogP contribution in [0.15, 0.2) is 23.3 Å². The number of imide groups is 2. The third-order valence-electron chi connectivity index (χ3n) is 3.57. The van der Waals surface area contributed by atoms with E-state index in [-0.39, 0.29) is 18.7 Å². The summed E-state index contributed by atoms with van der Waals surface area (Å²) in [7, 11) is 0. The predicted molar refractivity (Wildman–Crippen MR) is 63.4 cm³/mol. The van der Waals surface area contributed by atoms with E-state index >= 15 is 0 Å². The molecule has 1 aliphatic carbocycles. The number of hydrogen-bond donors (Lipinski definition) is 1. The second kappa shape index (κ2) is 4.15. The van der Waals surface area contributed by atoms with Crippen LogP contribution in [0.3, 0.4) is 0 Å². The second-order valence-electron chi connectivity index (χ2n) is 4.76. The summed E-state index contributed by atoms with van der Waals surface area (Å²) in [5.74, 6) is -1.79. The Labute approximate surface area is 109 Å². The van der Waals surface area contributed by atoms with Crippen molar-refractivity contribution in [2.45, 2.75) is 31.7 Å². The summed E-state index contributed by atoms with van der Waals surface area (Å²) in [6, 6.07) is -0.870. The van der Waals surface area contributed by atoms with E-state index in [4.69, 9.17) is 0 Å². The summed E-state index contributed by atoms with van der Waals surface area (Å²) in [5.41, 5.74) is 0.780. The summed E-state index contributed by atoms with van der Waals surface area (Å²) >= 11 is 0. The zero-order valence-electron chi connectivity index (χ0n) is 10.1. The van der Waals surface area contributed by atoms with Crippen LogP contribution in [0.1, 0.15) is 25.7 Å². The van der Waals surface area contributed by atoms with Gasteiger partial charge in [-0.3, -0.25) is 29.4 Å². The third kappa shape index (κ3) is 1.71. The molecule has 19 heavy (non-hydrogen) atoms. The van der Waals surface area contributed by atoms with Crippen molar-refractivity contribution in [3.05, 3.63) is 23.3 Å². The summed E-state index contributed by atoms with van der Waals surface area (Å²) in [4.78, 5) is 48.3. The molecule has 1 unspecified atom stereocenters. The fraction of sp³-hybridized carbons (Fsp3) is 0.385. The number of rotatable bonds is 1. The van der Waals surface area contributed by atoms with Crippen LogP contribution >= 0.6 is 0 Å². The number of piperidine rings is 1. The number of amides is 4. The molecule has 0 saturated carbocycles. The largest absolute Gasteiger partial charge is 0.295 e. The van der Waals surface area contributed by atoms with Crippen LogP contribution in [0.4, 0.5) is 0 Å². The number of carbonyl (C=O) groups excluding carboxylic acids is 4. The Morgan fingerprint density at radius 1 is 1.00 bits per heavy atom. The number of allylic oxidation sites excluding steroid dienone is 2. The van der Waals surface area contributed by atoms with Crippen LogP contribution in [0.2, 0.25) is 0 Å². The van der Waals surface area contributed by atoms with Gasteiger partial charge >= 0.3 is 0 Å². The smallest absolute Gasteiger partial charge is 0.261 e. The molecule has 2 heterocycles. The standard InChI is InChI=1S/C13H12N2O4/c16-10-6-5-9(11(17)14-10)15-12(18)7-3-1-2-4-8(7)13(15)19/h3-4,9H,1-2,5-6H2,(H,14,16,17). The average Bonchev–Trinajstić information content (AvgIpc) is 2.64. The molecule has 4 amide bonds.